The van der Waals surface area contributed by atoms with Crippen LogP contribution < -0.4 is 5.32 Å². The third-order valence-electron chi connectivity index (χ3n) is 2.68. The standard InChI is InChI=1S/C15H15NO2/c1-18-15(17)14-10-6-5-7-12(14)11-16-13-8-3-2-4-9-13/h2-10,16H,11H2,1H3. The summed E-state index contributed by atoms with van der Waals surface area (Å²) in [7, 11) is 1.39. The number of hydrogen-bond acceptors (Lipinski definition) is 3. The lowest BCUT2D eigenvalue weighted by atomic mass is 10.1. The molecule has 2 aromatic rings. The Kier molecular flexibility index (Phi) is 3.97. The van der Waals surface area contributed by atoms with Crippen molar-refractivity contribution in [1.29, 1.82) is 0 Å². The van der Waals surface area contributed by atoms with Gasteiger partial charge in [0.2, 0.25) is 0 Å². The van der Waals surface area contributed by atoms with Crippen molar-refractivity contribution in [2.24, 2.45) is 0 Å². The van der Waals surface area contributed by atoms with Gasteiger partial charge in [-0.1, -0.05) is 36.4 Å². The minimum atomic E-state index is -0.305. The highest BCUT2D eigenvalue weighted by atomic mass is 16.5. The average Bonchev–Trinajstić information content (AvgIpc) is 2.45. The molecular formula is C15H15NO2. The third kappa shape index (κ3) is 2.88. The van der Waals surface area contributed by atoms with E-state index in [-0.39, 0.29) is 5.97 Å². The third-order valence-corrected chi connectivity index (χ3v) is 2.68. The average molecular weight is 241 g/mol. The second-order valence-corrected chi connectivity index (χ2v) is 3.87. The first-order valence-electron chi connectivity index (χ1n) is 5.76. The quantitative estimate of drug-likeness (QED) is 0.836. The topological polar surface area (TPSA) is 38.3 Å². The Morgan fingerprint density at radius 3 is 2.44 bits per heavy atom. The predicted molar refractivity (Wildman–Crippen MR) is 71.6 cm³/mol. The summed E-state index contributed by atoms with van der Waals surface area (Å²) in [5.41, 5.74) is 2.55. The van der Waals surface area contributed by atoms with E-state index < -0.39 is 0 Å². The number of nitrogens with one attached hydrogen (secondary N) is 1. The smallest absolute Gasteiger partial charge is 0.338 e. The second kappa shape index (κ2) is 5.87. The molecule has 0 aliphatic heterocycles. The van der Waals surface area contributed by atoms with Crippen molar-refractivity contribution in [1.82, 2.24) is 0 Å². The number of esters is 1. The number of anilines is 1. The molecule has 0 amide bonds. The molecule has 0 heterocycles. The normalized spacial score (nSPS) is 9.83. The van der Waals surface area contributed by atoms with Crippen LogP contribution in [0.15, 0.2) is 54.6 Å². The lowest BCUT2D eigenvalue weighted by Crippen LogP contribution is -2.08. The van der Waals surface area contributed by atoms with E-state index in [1.165, 1.54) is 7.11 Å². The number of rotatable bonds is 4. The van der Waals surface area contributed by atoms with E-state index in [1.807, 2.05) is 48.5 Å². The van der Waals surface area contributed by atoms with Gasteiger partial charge in [0, 0.05) is 12.2 Å². The van der Waals surface area contributed by atoms with Gasteiger partial charge in [0.05, 0.1) is 12.7 Å². The van der Waals surface area contributed by atoms with Gasteiger partial charge in [0.1, 0.15) is 0 Å². The largest absolute Gasteiger partial charge is 0.465 e. The molecule has 0 aliphatic carbocycles. The zero-order chi connectivity index (χ0) is 12.8. The SMILES string of the molecule is COC(=O)c1ccccc1CNc1ccccc1. The molecular weight excluding hydrogens is 226 g/mol. The van der Waals surface area contributed by atoms with E-state index in [1.54, 1.807) is 6.07 Å². The van der Waals surface area contributed by atoms with Crippen LogP contribution in [0.3, 0.4) is 0 Å². The van der Waals surface area contributed by atoms with Crippen molar-refractivity contribution >= 4 is 11.7 Å². The maximum atomic E-state index is 11.6. The number of ether oxygens (including phenoxy) is 1. The molecule has 3 heteroatoms. The van der Waals surface area contributed by atoms with Gasteiger partial charge in [0.25, 0.3) is 0 Å². The number of para-hydroxylation sites is 1. The van der Waals surface area contributed by atoms with E-state index in [9.17, 15) is 4.79 Å². The van der Waals surface area contributed by atoms with Crippen molar-refractivity contribution in [2.45, 2.75) is 6.54 Å². The van der Waals surface area contributed by atoms with E-state index in [0.717, 1.165) is 11.3 Å². The molecule has 0 aliphatic rings. The Morgan fingerprint density at radius 1 is 1.06 bits per heavy atom. The number of carbonyl (C=O) groups excluding carboxylic acids is 1. The Bertz CT molecular complexity index is 523. The van der Waals surface area contributed by atoms with Gasteiger partial charge in [-0.05, 0) is 23.8 Å². The lowest BCUT2D eigenvalue weighted by Gasteiger charge is -2.09. The summed E-state index contributed by atoms with van der Waals surface area (Å²) < 4.78 is 4.76. The zero-order valence-electron chi connectivity index (χ0n) is 10.2. The van der Waals surface area contributed by atoms with Crippen molar-refractivity contribution in [2.75, 3.05) is 12.4 Å². The fourth-order valence-electron chi connectivity index (χ4n) is 1.74. The molecule has 1 N–H and O–H groups in total. The van der Waals surface area contributed by atoms with Gasteiger partial charge in [-0.3, -0.25) is 0 Å². The highest BCUT2D eigenvalue weighted by Gasteiger charge is 2.10. The number of benzene rings is 2. The van der Waals surface area contributed by atoms with Gasteiger partial charge in [-0.2, -0.15) is 0 Å². The zero-order valence-corrected chi connectivity index (χ0v) is 10.2. The van der Waals surface area contributed by atoms with Crippen molar-refractivity contribution < 1.29 is 9.53 Å². The van der Waals surface area contributed by atoms with Crippen LogP contribution in [0, 0.1) is 0 Å². The summed E-state index contributed by atoms with van der Waals surface area (Å²) in [4.78, 5) is 11.6. The molecule has 0 spiro atoms. The summed E-state index contributed by atoms with van der Waals surface area (Å²) >= 11 is 0. The minimum Gasteiger partial charge on any atom is -0.465 e. The number of hydrogen-bond donors (Lipinski definition) is 1. The second-order valence-electron chi connectivity index (χ2n) is 3.87. The first-order valence-corrected chi connectivity index (χ1v) is 5.76. The van der Waals surface area contributed by atoms with Crippen LogP contribution in [0.5, 0.6) is 0 Å². The monoisotopic (exact) mass is 241 g/mol. The fraction of sp³-hybridized carbons (Fsp3) is 0.133. The van der Waals surface area contributed by atoms with Crippen LogP contribution in [0.25, 0.3) is 0 Å². The molecule has 0 saturated heterocycles. The fourth-order valence-corrected chi connectivity index (χ4v) is 1.74. The molecule has 0 radical (unpaired) electrons. The van der Waals surface area contributed by atoms with Crippen LogP contribution in [-0.2, 0) is 11.3 Å². The Balaban J connectivity index is 2.12. The predicted octanol–water partition coefficient (Wildman–Crippen LogP) is 3.09. The first kappa shape index (κ1) is 12.2. The summed E-state index contributed by atoms with van der Waals surface area (Å²) in [5.74, 6) is -0.305. The highest BCUT2D eigenvalue weighted by molar-refractivity contribution is 5.91. The number of carbonyl (C=O) groups is 1. The molecule has 3 nitrogen and oxygen atoms in total. The van der Waals surface area contributed by atoms with Crippen LogP contribution in [0.1, 0.15) is 15.9 Å². The van der Waals surface area contributed by atoms with E-state index in [0.29, 0.717) is 12.1 Å². The molecule has 0 fully saturated rings. The van der Waals surface area contributed by atoms with Gasteiger partial charge >= 0.3 is 5.97 Å². The Hall–Kier alpha value is -2.29. The van der Waals surface area contributed by atoms with Gasteiger partial charge < -0.3 is 10.1 Å². The van der Waals surface area contributed by atoms with Crippen LogP contribution in [-0.4, -0.2) is 13.1 Å². The van der Waals surface area contributed by atoms with E-state index in [4.69, 9.17) is 4.74 Å². The Morgan fingerprint density at radius 2 is 1.72 bits per heavy atom. The molecule has 0 saturated carbocycles. The highest BCUT2D eigenvalue weighted by Crippen LogP contribution is 2.13. The molecule has 2 aromatic carbocycles. The van der Waals surface area contributed by atoms with Gasteiger partial charge in [0.15, 0.2) is 0 Å². The van der Waals surface area contributed by atoms with E-state index in [2.05, 4.69) is 5.32 Å². The first-order chi connectivity index (χ1) is 8.81. The van der Waals surface area contributed by atoms with E-state index >= 15 is 0 Å². The molecule has 0 unspecified atom stereocenters. The maximum Gasteiger partial charge on any atom is 0.338 e. The molecule has 18 heavy (non-hydrogen) atoms. The summed E-state index contributed by atoms with van der Waals surface area (Å²) in [6.45, 7) is 0.593. The Labute approximate surface area is 106 Å². The molecule has 0 atom stereocenters. The summed E-state index contributed by atoms with van der Waals surface area (Å²) in [6, 6.07) is 17.3. The van der Waals surface area contributed by atoms with Crippen LogP contribution in [0.4, 0.5) is 5.69 Å². The molecule has 92 valence electrons. The minimum absolute atomic E-state index is 0.305. The van der Waals surface area contributed by atoms with Crippen molar-refractivity contribution in [3.05, 3.63) is 65.7 Å². The van der Waals surface area contributed by atoms with Crippen molar-refractivity contribution in [3.63, 3.8) is 0 Å². The van der Waals surface area contributed by atoms with Crippen LogP contribution >= 0.6 is 0 Å². The molecule has 0 aromatic heterocycles. The summed E-state index contributed by atoms with van der Waals surface area (Å²) in [5, 5.41) is 3.27. The van der Waals surface area contributed by atoms with Gasteiger partial charge in [-0.25, -0.2) is 4.79 Å². The van der Waals surface area contributed by atoms with Crippen molar-refractivity contribution in [3.8, 4) is 0 Å². The number of methoxy groups -OCH3 is 1. The van der Waals surface area contributed by atoms with Crippen LogP contribution in [0.2, 0.25) is 0 Å². The molecule has 0 bridgehead atoms. The lowest BCUT2D eigenvalue weighted by molar-refractivity contribution is 0.0599. The van der Waals surface area contributed by atoms with Gasteiger partial charge in [-0.15, -0.1) is 0 Å². The molecule has 2 rings (SSSR count). The summed E-state index contributed by atoms with van der Waals surface area (Å²) in [6.07, 6.45) is 0. The maximum absolute atomic E-state index is 11.6.